The lowest BCUT2D eigenvalue weighted by molar-refractivity contribution is 0.0922. The van der Waals surface area contributed by atoms with Crippen LogP contribution in [0.15, 0.2) is 12.1 Å². The highest BCUT2D eigenvalue weighted by Gasteiger charge is 2.40. The zero-order chi connectivity index (χ0) is 15.9. The molecule has 0 saturated heterocycles. The highest BCUT2D eigenvalue weighted by molar-refractivity contribution is 5.96. The summed E-state index contributed by atoms with van der Waals surface area (Å²) in [6.07, 6.45) is 5.12. The number of hydrogen-bond donors (Lipinski definition) is 1. The van der Waals surface area contributed by atoms with Crippen LogP contribution in [0.25, 0.3) is 0 Å². The summed E-state index contributed by atoms with van der Waals surface area (Å²) in [6, 6.07) is 4.39. The molecule has 2 aliphatic rings. The Kier molecular flexibility index (Phi) is 4.16. The smallest absolute Gasteiger partial charge is 0.251 e. The molecule has 1 aromatic carbocycles. The molecule has 0 aliphatic heterocycles. The Morgan fingerprint density at radius 2 is 2.05 bits per heavy atom. The van der Waals surface area contributed by atoms with Crippen LogP contribution in [-0.2, 0) is 0 Å². The summed E-state index contributed by atoms with van der Waals surface area (Å²) in [7, 11) is 1.69. The van der Waals surface area contributed by atoms with Crippen LogP contribution in [0.4, 0.5) is 0 Å². The van der Waals surface area contributed by atoms with Crippen LogP contribution >= 0.6 is 0 Å². The molecular weight excluding hydrogens is 274 g/mol. The third-order valence-corrected chi connectivity index (χ3v) is 5.50. The van der Waals surface area contributed by atoms with Crippen LogP contribution in [0.5, 0.6) is 5.75 Å². The number of fused-ring (bicyclic) bond motifs is 2. The quantitative estimate of drug-likeness (QED) is 0.911. The number of nitrogens with one attached hydrogen (secondary N) is 1. The van der Waals surface area contributed by atoms with Crippen molar-refractivity contribution in [2.75, 3.05) is 7.11 Å². The third-order valence-electron chi connectivity index (χ3n) is 5.50. The van der Waals surface area contributed by atoms with E-state index in [1.54, 1.807) is 7.11 Å². The molecule has 1 amide bonds. The SMILES string of the molecule is COc1cc(C)c(C(=O)N[C@H]2C[C@@H]3CC[C@@H]2C3)cc1C(C)C. The summed E-state index contributed by atoms with van der Waals surface area (Å²) in [5.41, 5.74) is 2.89. The molecule has 22 heavy (non-hydrogen) atoms. The minimum absolute atomic E-state index is 0.0830. The van der Waals surface area contributed by atoms with E-state index in [4.69, 9.17) is 4.74 Å². The molecule has 3 atom stereocenters. The van der Waals surface area contributed by atoms with Crippen molar-refractivity contribution in [1.82, 2.24) is 5.32 Å². The molecule has 3 rings (SSSR count). The summed E-state index contributed by atoms with van der Waals surface area (Å²) in [4.78, 5) is 12.7. The molecule has 0 heterocycles. The highest BCUT2D eigenvalue weighted by atomic mass is 16.5. The monoisotopic (exact) mass is 301 g/mol. The van der Waals surface area contributed by atoms with E-state index >= 15 is 0 Å². The molecule has 2 fully saturated rings. The largest absolute Gasteiger partial charge is 0.496 e. The van der Waals surface area contributed by atoms with Gasteiger partial charge in [0.2, 0.25) is 0 Å². The van der Waals surface area contributed by atoms with Gasteiger partial charge in [0.1, 0.15) is 5.75 Å². The van der Waals surface area contributed by atoms with E-state index in [1.807, 2.05) is 19.1 Å². The van der Waals surface area contributed by atoms with E-state index in [0.29, 0.717) is 17.9 Å². The van der Waals surface area contributed by atoms with Gasteiger partial charge in [-0.1, -0.05) is 20.3 Å². The van der Waals surface area contributed by atoms with Crippen LogP contribution in [0, 0.1) is 18.8 Å². The highest BCUT2D eigenvalue weighted by Crippen LogP contribution is 2.44. The lowest BCUT2D eigenvalue weighted by Crippen LogP contribution is -2.38. The van der Waals surface area contributed by atoms with Crippen molar-refractivity contribution >= 4 is 5.91 Å². The summed E-state index contributed by atoms with van der Waals surface area (Å²) in [5.74, 6) is 2.85. The van der Waals surface area contributed by atoms with Crippen molar-refractivity contribution in [3.8, 4) is 5.75 Å². The maximum atomic E-state index is 12.7. The zero-order valence-electron chi connectivity index (χ0n) is 14.1. The van der Waals surface area contributed by atoms with Gasteiger partial charge in [-0.2, -0.15) is 0 Å². The molecular formula is C19H27NO2. The topological polar surface area (TPSA) is 38.3 Å². The molecule has 0 unspecified atom stereocenters. The number of amides is 1. The standard InChI is InChI=1S/C19H27NO2/c1-11(2)15-10-16(12(3)7-18(15)22-4)19(21)20-17-9-13-5-6-14(17)8-13/h7,10-11,13-14,17H,5-6,8-9H2,1-4H3,(H,20,21)/t13-,14-,17+/m1/s1. The Hall–Kier alpha value is -1.51. The van der Waals surface area contributed by atoms with Crippen molar-refractivity contribution in [2.24, 2.45) is 11.8 Å². The van der Waals surface area contributed by atoms with E-state index in [1.165, 1.54) is 25.7 Å². The Morgan fingerprint density at radius 1 is 1.27 bits per heavy atom. The van der Waals surface area contributed by atoms with Gasteiger partial charge in [0.15, 0.2) is 0 Å². The van der Waals surface area contributed by atoms with Crippen LogP contribution in [0.3, 0.4) is 0 Å². The molecule has 1 aromatic rings. The van der Waals surface area contributed by atoms with E-state index in [0.717, 1.165) is 28.4 Å². The maximum absolute atomic E-state index is 12.7. The van der Waals surface area contributed by atoms with Gasteiger partial charge in [0, 0.05) is 11.6 Å². The summed E-state index contributed by atoms with van der Waals surface area (Å²) in [6.45, 7) is 6.25. The first-order valence-corrected chi connectivity index (χ1v) is 8.49. The molecule has 2 saturated carbocycles. The average molecular weight is 301 g/mol. The lowest BCUT2D eigenvalue weighted by atomic mass is 9.93. The third kappa shape index (κ3) is 2.73. The second kappa shape index (κ2) is 5.94. The fraction of sp³-hybridized carbons (Fsp3) is 0.632. The van der Waals surface area contributed by atoms with Gasteiger partial charge in [-0.25, -0.2) is 0 Å². The lowest BCUT2D eigenvalue weighted by Gasteiger charge is -2.24. The molecule has 1 N–H and O–H groups in total. The van der Waals surface area contributed by atoms with Crippen LogP contribution in [0.2, 0.25) is 0 Å². The van der Waals surface area contributed by atoms with E-state index in [9.17, 15) is 4.79 Å². The Labute approximate surface area is 133 Å². The van der Waals surface area contributed by atoms with Gasteiger partial charge in [0.25, 0.3) is 5.91 Å². The average Bonchev–Trinajstić information content (AvgIpc) is 3.08. The van der Waals surface area contributed by atoms with Crippen molar-refractivity contribution in [3.63, 3.8) is 0 Å². The van der Waals surface area contributed by atoms with Gasteiger partial charge in [-0.05, 0) is 67.2 Å². The minimum atomic E-state index is 0.0830. The second-order valence-electron chi connectivity index (χ2n) is 7.32. The van der Waals surface area contributed by atoms with Crippen LogP contribution < -0.4 is 10.1 Å². The molecule has 2 bridgehead atoms. The molecule has 0 spiro atoms. The second-order valence-corrected chi connectivity index (χ2v) is 7.32. The maximum Gasteiger partial charge on any atom is 0.251 e. The van der Waals surface area contributed by atoms with Crippen molar-refractivity contribution in [2.45, 2.75) is 58.4 Å². The fourth-order valence-corrected chi connectivity index (χ4v) is 4.24. The molecule has 0 radical (unpaired) electrons. The number of hydrogen-bond acceptors (Lipinski definition) is 2. The van der Waals surface area contributed by atoms with Gasteiger partial charge >= 0.3 is 0 Å². The van der Waals surface area contributed by atoms with Gasteiger partial charge < -0.3 is 10.1 Å². The van der Waals surface area contributed by atoms with E-state index < -0.39 is 0 Å². The minimum Gasteiger partial charge on any atom is -0.496 e. The number of aryl methyl sites for hydroxylation is 1. The zero-order valence-corrected chi connectivity index (χ0v) is 14.1. The Bertz CT molecular complexity index is 579. The molecule has 0 aromatic heterocycles. The molecule has 3 heteroatoms. The predicted molar refractivity (Wildman–Crippen MR) is 88.5 cm³/mol. The predicted octanol–water partition coefficient (Wildman–Crippen LogP) is 4.05. The summed E-state index contributed by atoms with van der Waals surface area (Å²) in [5, 5.41) is 3.29. The summed E-state index contributed by atoms with van der Waals surface area (Å²) < 4.78 is 5.46. The van der Waals surface area contributed by atoms with Crippen molar-refractivity contribution < 1.29 is 9.53 Å². The number of carbonyl (C=O) groups excluding carboxylic acids is 1. The number of methoxy groups -OCH3 is 1. The van der Waals surface area contributed by atoms with Gasteiger partial charge in [0.05, 0.1) is 7.11 Å². The normalized spacial score (nSPS) is 26.5. The van der Waals surface area contributed by atoms with Crippen molar-refractivity contribution in [3.05, 3.63) is 28.8 Å². The first kappa shape index (κ1) is 15.4. The van der Waals surface area contributed by atoms with Gasteiger partial charge in [-0.15, -0.1) is 0 Å². The molecule has 2 aliphatic carbocycles. The van der Waals surface area contributed by atoms with Gasteiger partial charge in [-0.3, -0.25) is 4.79 Å². The van der Waals surface area contributed by atoms with Crippen molar-refractivity contribution in [1.29, 1.82) is 0 Å². The van der Waals surface area contributed by atoms with Crippen LogP contribution in [-0.4, -0.2) is 19.1 Å². The number of benzene rings is 1. The first-order valence-electron chi connectivity index (χ1n) is 8.49. The van der Waals surface area contributed by atoms with E-state index in [-0.39, 0.29) is 5.91 Å². The number of rotatable bonds is 4. The number of carbonyl (C=O) groups is 1. The van der Waals surface area contributed by atoms with E-state index in [2.05, 4.69) is 19.2 Å². The summed E-state index contributed by atoms with van der Waals surface area (Å²) >= 11 is 0. The van der Waals surface area contributed by atoms with Crippen LogP contribution in [0.1, 0.15) is 66.9 Å². The Morgan fingerprint density at radius 3 is 2.59 bits per heavy atom. The fourth-order valence-electron chi connectivity index (χ4n) is 4.24. The number of ether oxygens (including phenoxy) is 1. The molecule has 120 valence electrons. The first-order chi connectivity index (χ1) is 10.5. The molecule has 3 nitrogen and oxygen atoms in total. The Balaban J connectivity index is 1.81.